The van der Waals surface area contributed by atoms with Crippen molar-refractivity contribution in [3.05, 3.63) is 16.0 Å². The van der Waals surface area contributed by atoms with Crippen LogP contribution in [0.5, 0.6) is 0 Å². The summed E-state index contributed by atoms with van der Waals surface area (Å²) in [6, 6.07) is 2.14. The molecule has 2 rings (SSSR count). The maximum atomic E-state index is 12.1. The lowest BCUT2D eigenvalue weighted by Gasteiger charge is -2.35. The Morgan fingerprint density at radius 1 is 1.45 bits per heavy atom. The molecule has 0 spiro atoms. The zero-order valence-corrected chi connectivity index (χ0v) is 14.2. The molecule has 1 aliphatic heterocycles. The van der Waals surface area contributed by atoms with E-state index >= 15 is 0 Å². The van der Waals surface area contributed by atoms with E-state index in [1.807, 2.05) is 0 Å². The highest BCUT2D eigenvalue weighted by Crippen LogP contribution is 2.33. The van der Waals surface area contributed by atoms with Crippen LogP contribution in [0.2, 0.25) is 0 Å². The van der Waals surface area contributed by atoms with Crippen molar-refractivity contribution in [2.24, 2.45) is 11.8 Å². The largest absolute Gasteiger partial charge is 0.462 e. The number of hydrogen-bond acceptors (Lipinski definition) is 6. The second-order valence-electron chi connectivity index (χ2n) is 6.12. The standard InChI is InChI=1S/C16H23N3O2S/c1-4-21-16(20)14-13(12(6-17)15(18)22-14)9-19-7-10(2)5-11(3)8-19/h10-11H,4-5,7-9,18H2,1-3H3/t10-,11+. The summed E-state index contributed by atoms with van der Waals surface area (Å²) < 4.78 is 5.10. The maximum Gasteiger partial charge on any atom is 0.348 e. The van der Waals surface area contributed by atoms with Gasteiger partial charge in [0.2, 0.25) is 0 Å². The monoisotopic (exact) mass is 321 g/mol. The molecular weight excluding hydrogens is 298 g/mol. The number of carbonyl (C=O) groups is 1. The predicted octanol–water partition coefficient (Wildman–Crippen LogP) is 2.86. The van der Waals surface area contributed by atoms with Gasteiger partial charge in [-0.15, -0.1) is 11.3 Å². The van der Waals surface area contributed by atoms with E-state index in [2.05, 4.69) is 24.8 Å². The van der Waals surface area contributed by atoms with E-state index in [9.17, 15) is 10.1 Å². The van der Waals surface area contributed by atoms with Crippen molar-refractivity contribution in [1.82, 2.24) is 4.90 Å². The second-order valence-corrected chi connectivity index (χ2v) is 7.17. The van der Waals surface area contributed by atoms with Crippen LogP contribution in [0, 0.1) is 23.2 Å². The third kappa shape index (κ3) is 3.60. The van der Waals surface area contributed by atoms with E-state index in [1.165, 1.54) is 6.42 Å². The van der Waals surface area contributed by atoms with Crippen molar-refractivity contribution in [3.8, 4) is 6.07 Å². The summed E-state index contributed by atoms with van der Waals surface area (Å²) in [5.74, 6) is 0.862. The minimum Gasteiger partial charge on any atom is -0.462 e. The van der Waals surface area contributed by atoms with Crippen LogP contribution in [0.25, 0.3) is 0 Å². The highest BCUT2D eigenvalue weighted by Gasteiger charge is 2.27. The van der Waals surface area contributed by atoms with Crippen LogP contribution in [0.3, 0.4) is 0 Å². The zero-order chi connectivity index (χ0) is 16.3. The number of piperidine rings is 1. The van der Waals surface area contributed by atoms with Gasteiger partial charge in [-0.3, -0.25) is 4.90 Å². The number of hydrogen-bond donors (Lipinski definition) is 1. The quantitative estimate of drug-likeness (QED) is 0.863. The van der Waals surface area contributed by atoms with Gasteiger partial charge in [-0.05, 0) is 25.2 Å². The highest BCUT2D eigenvalue weighted by molar-refractivity contribution is 7.18. The SMILES string of the molecule is CCOC(=O)c1sc(N)c(C#N)c1CN1C[C@H](C)C[C@H](C)C1. The Morgan fingerprint density at radius 3 is 2.64 bits per heavy atom. The molecule has 0 unspecified atom stereocenters. The van der Waals surface area contributed by atoms with Crippen LogP contribution < -0.4 is 5.73 Å². The number of nitrogen functional groups attached to an aromatic ring is 1. The van der Waals surface area contributed by atoms with Crippen molar-refractivity contribution in [1.29, 1.82) is 5.26 Å². The van der Waals surface area contributed by atoms with Crippen LogP contribution in [0.1, 0.15) is 48.0 Å². The average molecular weight is 321 g/mol. The van der Waals surface area contributed by atoms with E-state index in [0.717, 1.165) is 30.0 Å². The molecule has 0 aliphatic carbocycles. The number of nitriles is 1. The average Bonchev–Trinajstić information content (AvgIpc) is 2.74. The summed E-state index contributed by atoms with van der Waals surface area (Å²) in [5.41, 5.74) is 7.07. The first-order chi connectivity index (χ1) is 10.5. The molecular formula is C16H23N3O2S. The van der Waals surface area contributed by atoms with E-state index in [1.54, 1.807) is 6.92 Å². The predicted molar refractivity (Wildman–Crippen MR) is 87.6 cm³/mol. The van der Waals surface area contributed by atoms with Gasteiger partial charge < -0.3 is 10.5 Å². The minimum atomic E-state index is -0.381. The highest BCUT2D eigenvalue weighted by atomic mass is 32.1. The summed E-state index contributed by atoms with van der Waals surface area (Å²) in [6.45, 7) is 9.10. The Balaban J connectivity index is 2.28. The molecule has 6 heteroatoms. The van der Waals surface area contributed by atoms with Crippen molar-refractivity contribution in [2.75, 3.05) is 25.4 Å². The van der Waals surface area contributed by atoms with Crippen molar-refractivity contribution in [2.45, 2.75) is 33.7 Å². The summed E-state index contributed by atoms with van der Waals surface area (Å²) in [7, 11) is 0. The van der Waals surface area contributed by atoms with Crippen LogP contribution in [0.15, 0.2) is 0 Å². The molecule has 2 N–H and O–H groups in total. The minimum absolute atomic E-state index is 0.315. The van der Waals surface area contributed by atoms with Gasteiger partial charge in [0.05, 0.1) is 12.2 Å². The van der Waals surface area contributed by atoms with Crippen molar-refractivity contribution < 1.29 is 9.53 Å². The van der Waals surface area contributed by atoms with Gasteiger partial charge in [0.15, 0.2) is 0 Å². The number of ether oxygens (including phenoxy) is 1. The third-order valence-corrected chi connectivity index (χ3v) is 4.97. The number of esters is 1. The smallest absolute Gasteiger partial charge is 0.348 e. The van der Waals surface area contributed by atoms with Crippen LogP contribution in [-0.2, 0) is 11.3 Å². The van der Waals surface area contributed by atoms with Gasteiger partial charge in [0, 0.05) is 25.2 Å². The topological polar surface area (TPSA) is 79.3 Å². The van der Waals surface area contributed by atoms with Crippen molar-refractivity contribution in [3.63, 3.8) is 0 Å². The summed E-state index contributed by atoms with van der Waals surface area (Å²) in [5, 5.41) is 9.77. The number of likely N-dealkylation sites (tertiary alicyclic amines) is 1. The fourth-order valence-corrected chi connectivity index (χ4v) is 4.19. The first kappa shape index (κ1) is 16.8. The lowest BCUT2D eigenvalue weighted by Crippen LogP contribution is -2.38. The lowest BCUT2D eigenvalue weighted by atomic mass is 9.91. The molecule has 0 saturated carbocycles. The van der Waals surface area contributed by atoms with E-state index in [4.69, 9.17) is 10.5 Å². The number of nitrogens with zero attached hydrogens (tertiary/aromatic N) is 2. The summed E-state index contributed by atoms with van der Waals surface area (Å²) >= 11 is 1.16. The number of anilines is 1. The third-order valence-electron chi connectivity index (χ3n) is 3.93. The van der Waals surface area contributed by atoms with Crippen LogP contribution >= 0.6 is 11.3 Å². The summed E-state index contributed by atoms with van der Waals surface area (Å²) in [4.78, 5) is 14.9. The number of nitrogens with two attached hydrogens (primary N) is 1. The second kappa shape index (κ2) is 7.12. The van der Waals surface area contributed by atoms with Gasteiger partial charge in [0.1, 0.15) is 15.9 Å². The first-order valence-electron chi connectivity index (χ1n) is 7.66. The normalized spacial score (nSPS) is 22.3. The molecule has 1 fully saturated rings. The van der Waals surface area contributed by atoms with Gasteiger partial charge in [-0.2, -0.15) is 5.26 Å². The fraction of sp³-hybridized carbons (Fsp3) is 0.625. The van der Waals surface area contributed by atoms with Gasteiger partial charge >= 0.3 is 5.97 Å². The molecule has 2 atom stereocenters. The van der Waals surface area contributed by atoms with E-state index in [0.29, 0.717) is 40.4 Å². The molecule has 22 heavy (non-hydrogen) atoms. The molecule has 1 saturated heterocycles. The molecule has 0 bridgehead atoms. The molecule has 5 nitrogen and oxygen atoms in total. The molecule has 0 radical (unpaired) electrons. The Morgan fingerprint density at radius 2 is 2.09 bits per heavy atom. The Hall–Kier alpha value is -1.58. The number of rotatable bonds is 4. The van der Waals surface area contributed by atoms with Gasteiger partial charge in [-0.25, -0.2) is 4.79 Å². The first-order valence-corrected chi connectivity index (χ1v) is 8.48. The maximum absolute atomic E-state index is 12.1. The molecule has 120 valence electrons. The molecule has 2 heterocycles. The van der Waals surface area contributed by atoms with E-state index < -0.39 is 0 Å². The van der Waals surface area contributed by atoms with Crippen molar-refractivity contribution >= 4 is 22.3 Å². The Bertz CT molecular complexity index is 581. The Kier molecular flexibility index (Phi) is 5.43. The molecule has 1 aliphatic rings. The van der Waals surface area contributed by atoms with Gasteiger partial charge in [-0.1, -0.05) is 13.8 Å². The zero-order valence-electron chi connectivity index (χ0n) is 13.4. The molecule has 1 aromatic rings. The summed E-state index contributed by atoms with van der Waals surface area (Å²) in [6.07, 6.45) is 1.22. The lowest BCUT2D eigenvalue weighted by molar-refractivity contribution is 0.0528. The number of thiophene rings is 1. The molecule has 0 amide bonds. The molecule has 1 aromatic heterocycles. The number of carbonyl (C=O) groups excluding carboxylic acids is 1. The van der Waals surface area contributed by atoms with E-state index in [-0.39, 0.29) is 5.97 Å². The van der Waals surface area contributed by atoms with Crippen LogP contribution in [0.4, 0.5) is 5.00 Å². The fourth-order valence-electron chi connectivity index (χ4n) is 3.26. The van der Waals surface area contributed by atoms with Gasteiger partial charge in [0.25, 0.3) is 0 Å². The van der Waals surface area contributed by atoms with Crippen LogP contribution in [-0.4, -0.2) is 30.6 Å². The Labute approximate surface area is 135 Å². The molecule has 0 aromatic carbocycles.